The van der Waals surface area contributed by atoms with Crippen molar-refractivity contribution in [2.75, 3.05) is 76.3 Å². The Labute approximate surface area is 321 Å². The number of anilines is 4. The molecule has 0 saturated carbocycles. The summed E-state index contributed by atoms with van der Waals surface area (Å²) in [6.07, 6.45) is 7.01. The minimum atomic E-state index is -3.69. The van der Waals surface area contributed by atoms with E-state index >= 15 is 0 Å². The van der Waals surface area contributed by atoms with Crippen molar-refractivity contribution in [2.24, 2.45) is 0 Å². The number of pyridine rings is 2. The maximum absolute atomic E-state index is 12.9. The van der Waals surface area contributed by atoms with Crippen molar-refractivity contribution in [1.82, 2.24) is 29.4 Å². The lowest BCUT2D eigenvalue weighted by Crippen LogP contribution is -2.50. The summed E-state index contributed by atoms with van der Waals surface area (Å²) in [5, 5.41) is 3.45. The molecule has 54 heavy (non-hydrogen) atoms. The normalized spacial score (nSPS) is 14.8. The highest BCUT2D eigenvalue weighted by atomic mass is 35.5. The molecular formula is C40H43ClN8O4S. The molecule has 0 unspecified atom stereocenters. The molecule has 1 N–H and O–H groups in total. The second-order valence-electron chi connectivity index (χ2n) is 12.8. The predicted octanol–water partition coefficient (Wildman–Crippen LogP) is 5.54. The Morgan fingerprint density at radius 2 is 1.00 bits per heavy atom. The van der Waals surface area contributed by atoms with Crippen LogP contribution in [-0.2, 0) is 10.0 Å². The highest BCUT2D eigenvalue weighted by molar-refractivity contribution is 7.89. The number of aromatic nitrogens is 2. The number of hydrogen-bond donors (Lipinski definition) is 1. The molecule has 12 nitrogen and oxygen atoms in total. The lowest BCUT2D eigenvalue weighted by molar-refractivity contribution is 0.0696. The molecule has 14 heteroatoms. The molecule has 0 atom stereocenters. The molecule has 3 aromatic carbocycles. The van der Waals surface area contributed by atoms with Gasteiger partial charge in [0.05, 0.1) is 5.02 Å². The molecule has 0 aliphatic carbocycles. The van der Waals surface area contributed by atoms with Crippen LogP contribution in [0, 0.1) is 0 Å². The Balaban J connectivity index is 0.000000197. The smallest absolute Gasteiger partial charge is 0.253 e. The Morgan fingerprint density at radius 1 is 0.593 bits per heavy atom. The lowest BCUT2D eigenvalue weighted by atomic mass is 10.1. The quantitative estimate of drug-likeness (QED) is 0.217. The predicted molar refractivity (Wildman–Crippen MR) is 212 cm³/mol. The summed E-state index contributed by atoms with van der Waals surface area (Å²) < 4.78 is 27.2. The molecule has 280 valence electrons. The van der Waals surface area contributed by atoms with Crippen LogP contribution in [0.1, 0.15) is 20.7 Å². The van der Waals surface area contributed by atoms with E-state index in [2.05, 4.69) is 20.2 Å². The highest BCUT2D eigenvalue weighted by Crippen LogP contribution is 2.27. The van der Waals surface area contributed by atoms with E-state index in [1.807, 2.05) is 84.6 Å². The van der Waals surface area contributed by atoms with Crippen LogP contribution < -0.4 is 15.1 Å². The van der Waals surface area contributed by atoms with Crippen molar-refractivity contribution >= 4 is 56.2 Å². The topological polar surface area (TPSA) is 122 Å². The number of piperazine rings is 2. The molecule has 5 aromatic rings. The standard InChI is InChI=1S/C23H23ClN4O3S.C17H20N4O/c1-26(20-10-12-25-13-11-20)19-8-6-18(7-9-19)23(29)27-14-16-28(17-15-27)32(30,31)22-5-3-2-4-21(22)24;1-20(16-6-8-18-9-7-16)15-4-2-14(3-5-15)17(22)21-12-10-19-11-13-21/h2-13H,14-17H2,1H3;2-9,19H,10-13H2,1H3. The van der Waals surface area contributed by atoms with E-state index in [1.165, 1.54) is 10.4 Å². The first-order chi connectivity index (χ1) is 26.1. The molecule has 2 fully saturated rings. The third-order valence-corrected chi connectivity index (χ3v) is 11.9. The average Bonchev–Trinajstić information content (AvgIpc) is 3.24. The van der Waals surface area contributed by atoms with Crippen LogP contribution in [-0.4, -0.2) is 111 Å². The van der Waals surface area contributed by atoms with Crippen LogP contribution in [0.3, 0.4) is 0 Å². The summed E-state index contributed by atoms with van der Waals surface area (Å²) in [5.74, 6) is -0.00230. The van der Waals surface area contributed by atoms with Crippen LogP contribution in [0.4, 0.5) is 22.7 Å². The fourth-order valence-electron chi connectivity index (χ4n) is 6.25. The van der Waals surface area contributed by atoms with Crippen molar-refractivity contribution < 1.29 is 18.0 Å². The number of hydrogen-bond acceptors (Lipinski definition) is 9. The van der Waals surface area contributed by atoms with Gasteiger partial charge in [0.1, 0.15) is 4.90 Å². The van der Waals surface area contributed by atoms with Crippen LogP contribution in [0.5, 0.6) is 0 Å². The van der Waals surface area contributed by atoms with E-state index in [-0.39, 0.29) is 34.8 Å². The number of carbonyl (C=O) groups excluding carboxylic acids is 2. The molecule has 4 heterocycles. The Kier molecular flexibility index (Phi) is 12.6. The fraction of sp³-hybridized carbons (Fsp3) is 0.250. The van der Waals surface area contributed by atoms with E-state index in [1.54, 1.807) is 60.0 Å². The van der Waals surface area contributed by atoms with Crippen molar-refractivity contribution in [3.8, 4) is 0 Å². The van der Waals surface area contributed by atoms with Gasteiger partial charge in [0.15, 0.2) is 0 Å². The zero-order valence-corrected chi connectivity index (χ0v) is 31.8. The van der Waals surface area contributed by atoms with E-state index in [9.17, 15) is 18.0 Å². The van der Waals surface area contributed by atoms with Crippen molar-refractivity contribution in [1.29, 1.82) is 0 Å². The van der Waals surface area contributed by atoms with Gasteiger partial charge >= 0.3 is 0 Å². The van der Waals surface area contributed by atoms with Crippen molar-refractivity contribution in [3.63, 3.8) is 0 Å². The third-order valence-electron chi connectivity index (χ3n) is 9.49. The fourth-order valence-corrected chi connectivity index (χ4v) is 8.16. The zero-order chi connectivity index (χ0) is 38.1. The van der Waals surface area contributed by atoms with Gasteiger partial charge in [-0.25, -0.2) is 8.42 Å². The number of halogens is 1. The van der Waals surface area contributed by atoms with Gasteiger partial charge in [0.2, 0.25) is 10.0 Å². The summed E-state index contributed by atoms with van der Waals surface area (Å²) >= 11 is 6.08. The number of benzene rings is 3. The van der Waals surface area contributed by atoms with Crippen LogP contribution >= 0.6 is 11.6 Å². The maximum Gasteiger partial charge on any atom is 0.253 e. The molecule has 2 saturated heterocycles. The van der Waals surface area contributed by atoms with E-state index < -0.39 is 10.0 Å². The number of carbonyl (C=O) groups is 2. The van der Waals surface area contributed by atoms with Crippen molar-refractivity contribution in [2.45, 2.75) is 4.90 Å². The van der Waals surface area contributed by atoms with E-state index in [0.29, 0.717) is 18.7 Å². The van der Waals surface area contributed by atoms with Crippen LogP contribution in [0.15, 0.2) is 127 Å². The van der Waals surface area contributed by atoms with Gasteiger partial charge in [-0.3, -0.25) is 19.6 Å². The molecule has 2 aliphatic rings. The molecule has 2 amide bonds. The monoisotopic (exact) mass is 766 g/mol. The van der Waals surface area contributed by atoms with Crippen LogP contribution in [0.2, 0.25) is 5.02 Å². The minimum absolute atomic E-state index is 0.0929. The van der Waals surface area contributed by atoms with Crippen LogP contribution in [0.25, 0.3) is 0 Å². The zero-order valence-electron chi connectivity index (χ0n) is 30.3. The molecule has 0 spiro atoms. The molecule has 0 bridgehead atoms. The van der Waals surface area contributed by atoms with Gasteiger partial charge in [-0.05, 0) is 84.9 Å². The first kappa shape index (κ1) is 38.4. The number of sulfonamides is 1. The number of amides is 2. The second-order valence-corrected chi connectivity index (χ2v) is 15.1. The first-order valence-electron chi connectivity index (χ1n) is 17.6. The summed E-state index contributed by atoms with van der Waals surface area (Å²) in [4.78, 5) is 41.2. The van der Waals surface area contributed by atoms with Gasteiger partial charge in [-0.15, -0.1) is 0 Å². The Hall–Kier alpha value is -5.34. The molecule has 0 radical (unpaired) electrons. The summed E-state index contributed by atoms with van der Waals surface area (Å²) in [6.45, 7) is 4.38. The summed E-state index contributed by atoms with van der Waals surface area (Å²) in [7, 11) is 0.257. The molecule has 2 aliphatic heterocycles. The lowest BCUT2D eigenvalue weighted by Gasteiger charge is -2.34. The first-order valence-corrected chi connectivity index (χ1v) is 19.5. The minimum Gasteiger partial charge on any atom is -0.345 e. The summed E-state index contributed by atoms with van der Waals surface area (Å²) in [5.41, 5.74) is 5.37. The largest absolute Gasteiger partial charge is 0.345 e. The SMILES string of the molecule is CN(c1ccncc1)c1ccc(C(=O)N2CCN(S(=O)(=O)c3ccccc3Cl)CC2)cc1.CN(c1ccncc1)c1ccc(C(=O)N2CCNCC2)cc1. The average molecular weight is 767 g/mol. The van der Waals surface area contributed by atoms with E-state index in [0.717, 1.165) is 54.5 Å². The molecule has 2 aromatic heterocycles. The van der Waals surface area contributed by atoms with Gasteiger partial charge in [0, 0.05) is 125 Å². The second kappa shape index (κ2) is 17.7. The Morgan fingerprint density at radius 3 is 1.44 bits per heavy atom. The maximum atomic E-state index is 12.9. The van der Waals surface area contributed by atoms with Gasteiger partial charge in [-0.1, -0.05) is 23.7 Å². The Bertz CT molecular complexity index is 2110. The third kappa shape index (κ3) is 9.05. The summed E-state index contributed by atoms with van der Waals surface area (Å²) in [6, 6.07) is 29.3. The highest BCUT2D eigenvalue weighted by Gasteiger charge is 2.31. The van der Waals surface area contributed by atoms with Crippen molar-refractivity contribution in [3.05, 3.63) is 138 Å². The number of nitrogens with zero attached hydrogens (tertiary/aromatic N) is 7. The van der Waals surface area contributed by atoms with Gasteiger partial charge in [-0.2, -0.15) is 4.31 Å². The molecule has 7 rings (SSSR count). The van der Waals surface area contributed by atoms with E-state index in [4.69, 9.17) is 11.6 Å². The van der Waals surface area contributed by atoms with Gasteiger partial charge in [0.25, 0.3) is 11.8 Å². The number of rotatable bonds is 8. The molecular weight excluding hydrogens is 724 g/mol. The number of nitrogens with one attached hydrogen (secondary N) is 1. The van der Waals surface area contributed by atoms with Gasteiger partial charge < -0.3 is 24.9 Å².